The van der Waals surface area contributed by atoms with Crippen LogP contribution in [-0.2, 0) is 0 Å². The van der Waals surface area contributed by atoms with Gasteiger partial charge in [0.2, 0.25) is 0 Å². The second kappa shape index (κ2) is 24.5. The van der Waals surface area contributed by atoms with Gasteiger partial charge in [-0.05, 0) is 25.7 Å². The Morgan fingerprint density at radius 3 is 1.00 bits per heavy atom. The van der Waals surface area contributed by atoms with Gasteiger partial charge in [-0.15, -0.1) is 0 Å². The SMILES string of the molecule is CCCC[N+](CCCC)(CCCC)CCCC.O=C(O)O.[H-].[H-].[K+].[K+]. The van der Waals surface area contributed by atoms with E-state index < -0.39 is 6.16 Å². The summed E-state index contributed by atoms with van der Waals surface area (Å²) in [6.45, 7) is 15.0. The van der Waals surface area contributed by atoms with Crippen molar-refractivity contribution in [2.75, 3.05) is 26.2 Å². The van der Waals surface area contributed by atoms with Crippen molar-refractivity contribution < 1.29 is 125 Å². The van der Waals surface area contributed by atoms with Gasteiger partial charge < -0.3 is 17.5 Å². The van der Waals surface area contributed by atoms with Crippen LogP contribution in [0.1, 0.15) is 81.9 Å². The van der Waals surface area contributed by atoms with Crippen LogP contribution in [0.5, 0.6) is 0 Å². The molecular formula is C17H40K2NO3+. The summed E-state index contributed by atoms with van der Waals surface area (Å²) in [6, 6.07) is 0. The molecule has 0 unspecified atom stereocenters. The number of nitrogens with zero attached hydrogens (tertiary/aromatic N) is 1. The zero-order valence-corrected chi connectivity index (χ0v) is 23.0. The van der Waals surface area contributed by atoms with Crippen molar-refractivity contribution in [3.05, 3.63) is 0 Å². The fourth-order valence-electron chi connectivity index (χ4n) is 2.64. The maximum Gasteiger partial charge on any atom is 1.00 e. The molecule has 132 valence electrons. The number of unbranched alkanes of at least 4 members (excludes halogenated alkanes) is 4. The first-order valence-electron chi connectivity index (χ1n) is 8.74. The summed E-state index contributed by atoms with van der Waals surface area (Å²) in [5, 5.41) is 13.9. The molecule has 0 radical (unpaired) electrons. The Morgan fingerprint density at radius 2 is 0.870 bits per heavy atom. The Labute approximate surface area is 232 Å². The van der Waals surface area contributed by atoms with Crippen LogP contribution in [-0.4, -0.2) is 47.0 Å². The van der Waals surface area contributed by atoms with Gasteiger partial charge in [0.25, 0.3) is 0 Å². The van der Waals surface area contributed by atoms with Crippen molar-refractivity contribution in [1.82, 2.24) is 0 Å². The number of quaternary nitrogens is 1. The average molecular weight is 385 g/mol. The maximum absolute atomic E-state index is 8.56. The molecule has 0 saturated heterocycles. The van der Waals surface area contributed by atoms with Gasteiger partial charge in [0, 0.05) is 0 Å². The van der Waals surface area contributed by atoms with Crippen molar-refractivity contribution in [2.45, 2.75) is 79.1 Å². The Balaban J connectivity index is -0.000000102. The fraction of sp³-hybridized carbons (Fsp3) is 0.941. The minimum Gasteiger partial charge on any atom is -1.00 e. The molecule has 4 nitrogen and oxygen atoms in total. The summed E-state index contributed by atoms with van der Waals surface area (Å²) in [5.41, 5.74) is 0. The molecule has 0 atom stereocenters. The van der Waals surface area contributed by atoms with Crippen LogP contribution in [0.2, 0.25) is 0 Å². The molecule has 0 fully saturated rings. The van der Waals surface area contributed by atoms with Crippen molar-refractivity contribution in [2.24, 2.45) is 0 Å². The first-order valence-corrected chi connectivity index (χ1v) is 8.74. The largest absolute Gasteiger partial charge is 1.00 e. The van der Waals surface area contributed by atoms with Gasteiger partial charge in [-0.25, -0.2) is 4.79 Å². The van der Waals surface area contributed by atoms with E-state index in [1.807, 2.05) is 0 Å². The first kappa shape index (κ1) is 33.1. The molecule has 0 aromatic carbocycles. The van der Waals surface area contributed by atoms with Crippen molar-refractivity contribution in [3.8, 4) is 0 Å². The number of hydrogen-bond donors (Lipinski definition) is 2. The predicted octanol–water partition coefficient (Wildman–Crippen LogP) is -0.541. The fourth-order valence-corrected chi connectivity index (χ4v) is 2.64. The summed E-state index contributed by atoms with van der Waals surface area (Å²) < 4.78 is 1.42. The van der Waals surface area contributed by atoms with E-state index in [4.69, 9.17) is 15.0 Å². The Kier molecular flexibility index (Phi) is 35.3. The van der Waals surface area contributed by atoms with E-state index in [9.17, 15) is 0 Å². The third-order valence-electron chi connectivity index (χ3n) is 3.94. The van der Waals surface area contributed by atoms with Crippen LogP contribution in [0.3, 0.4) is 0 Å². The van der Waals surface area contributed by atoms with Gasteiger partial charge in [0.1, 0.15) is 0 Å². The minimum atomic E-state index is -1.83. The molecule has 0 aliphatic heterocycles. The van der Waals surface area contributed by atoms with Gasteiger partial charge in [0.05, 0.1) is 26.2 Å². The molecule has 23 heavy (non-hydrogen) atoms. The molecule has 0 aliphatic carbocycles. The monoisotopic (exact) mass is 384 g/mol. The molecule has 0 aromatic rings. The Morgan fingerprint density at radius 1 is 0.696 bits per heavy atom. The summed E-state index contributed by atoms with van der Waals surface area (Å²) in [4.78, 5) is 8.56. The molecule has 0 saturated carbocycles. The normalized spacial score (nSPS) is 9.91. The van der Waals surface area contributed by atoms with Crippen molar-refractivity contribution >= 4 is 6.16 Å². The summed E-state index contributed by atoms with van der Waals surface area (Å²) in [5.74, 6) is 0. The first-order chi connectivity index (χ1) is 9.97. The Hall–Kier alpha value is 2.50. The van der Waals surface area contributed by atoms with E-state index >= 15 is 0 Å². The molecule has 0 amide bonds. The summed E-state index contributed by atoms with van der Waals surface area (Å²) >= 11 is 0. The van der Waals surface area contributed by atoms with Crippen LogP contribution in [0.4, 0.5) is 4.79 Å². The van der Waals surface area contributed by atoms with Crippen molar-refractivity contribution in [1.29, 1.82) is 0 Å². The Bertz CT molecular complexity index is 210. The summed E-state index contributed by atoms with van der Waals surface area (Å²) in [7, 11) is 0. The van der Waals surface area contributed by atoms with Gasteiger partial charge in [-0.3, -0.25) is 0 Å². The van der Waals surface area contributed by atoms with Gasteiger partial charge >= 0.3 is 109 Å². The summed E-state index contributed by atoms with van der Waals surface area (Å²) in [6.07, 6.45) is 9.23. The molecule has 0 aliphatic rings. The smallest absolute Gasteiger partial charge is 1.00 e. The molecule has 6 heteroatoms. The van der Waals surface area contributed by atoms with Crippen LogP contribution >= 0.6 is 0 Å². The quantitative estimate of drug-likeness (QED) is 0.351. The zero-order valence-electron chi connectivity index (χ0n) is 18.7. The molecule has 0 aromatic heterocycles. The molecular weight excluding hydrogens is 344 g/mol. The third-order valence-corrected chi connectivity index (χ3v) is 3.94. The second-order valence-corrected chi connectivity index (χ2v) is 5.93. The molecule has 0 rings (SSSR count). The van der Waals surface area contributed by atoms with E-state index in [0.29, 0.717) is 0 Å². The van der Waals surface area contributed by atoms with Crippen LogP contribution in [0.15, 0.2) is 0 Å². The van der Waals surface area contributed by atoms with Crippen LogP contribution in [0.25, 0.3) is 0 Å². The van der Waals surface area contributed by atoms with Gasteiger partial charge in [0.15, 0.2) is 0 Å². The molecule has 0 spiro atoms. The number of carbonyl (C=O) groups is 1. The topological polar surface area (TPSA) is 57.5 Å². The third kappa shape index (κ3) is 24.5. The number of hydrogen-bond acceptors (Lipinski definition) is 1. The predicted molar refractivity (Wildman–Crippen MR) is 92.2 cm³/mol. The number of carboxylic acid groups (broad SMARTS) is 2. The van der Waals surface area contributed by atoms with E-state index in [1.54, 1.807) is 0 Å². The van der Waals surface area contributed by atoms with E-state index in [-0.39, 0.29) is 106 Å². The molecule has 0 bridgehead atoms. The van der Waals surface area contributed by atoms with Crippen molar-refractivity contribution in [3.63, 3.8) is 0 Å². The van der Waals surface area contributed by atoms with E-state index in [0.717, 1.165) is 0 Å². The molecule has 0 heterocycles. The van der Waals surface area contributed by atoms with Gasteiger partial charge in [-0.2, -0.15) is 0 Å². The van der Waals surface area contributed by atoms with E-state index in [2.05, 4.69) is 27.7 Å². The zero-order chi connectivity index (χ0) is 16.6. The van der Waals surface area contributed by atoms with Crippen LogP contribution in [0, 0.1) is 0 Å². The standard InChI is InChI=1S/C16H36N.CH2O3.2K.2H/c1-5-9-13-17(14-10-6-2,15-11-7-3)16-12-8-4;2-1(3)4;;;;/h5-16H2,1-4H3;(H2,2,3,4);;;;/q+1;;2*+1;2*-1. The van der Waals surface area contributed by atoms with E-state index in [1.165, 1.54) is 82.0 Å². The van der Waals surface area contributed by atoms with Crippen LogP contribution < -0.4 is 103 Å². The molecule has 2 N–H and O–H groups in total. The maximum atomic E-state index is 8.56. The minimum absolute atomic E-state index is 0. The number of rotatable bonds is 12. The van der Waals surface area contributed by atoms with Gasteiger partial charge in [-0.1, -0.05) is 53.4 Å². The second-order valence-electron chi connectivity index (χ2n) is 5.93. The average Bonchev–Trinajstić information content (AvgIpc) is 2.45.